The van der Waals surface area contributed by atoms with Crippen LogP contribution < -0.4 is 0 Å². The lowest BCUT2D eigenvalue weighted by molar-refractivity contribution is 0.918. The summed E-state index contributed by atoms with van der Waals surface area (Å²) in [5.74, 6) is 0. The van der Waals surface area contributed by atoms with Gasteiger partial charge in [0.25, 0.3) is 0 Å². The van der Waals surface area contributed by atoms with Gasteiger partial charge >= 0.3 is 0 Å². The van der Waals surface area contributed by atoms with Crippen molar-refractivity contribution in [3.8, 4) is 0 Å². The molecule has 1 aromatic carbocycles. The van der Waals surface area contributed by atoms with Crippen LogP contribution in [0.1, 0.15) is 0 Å². The third-order valence-electron chi connectivity index (χ3n) is 2.79. The van der Waals surface area contributed by atoms with E-state index in [-0.39, 0.29) is 0 Å². The third kappa shape index (κ3) is 1.28. The molecule has 0 fully saturated rings. The minimum atomic E-state index is 0.429. The average Bonchev–Trinajstić information content (AvgIpc) is 2.78. The number of hydrogen-bond acceptors (Lipinski definition) is 4. The van der Waals surface area contributed by atoms with Crippen LogP contribution in [0.2, 0.25) is 0 Å². The first kappa shape index (κ1) is 9.98. The first-order chi connectivity index (χ1) is 8.83. The Morgan fingerprint density at radius 3 is 3.00 bits per heavy atom. The maximum Gasteiger partial charge on any atom is 0.241 e. The summed E-state index contributed by atoms with van der Waals surface area (Å²) < 4.78 is 4.40. The van der Waals surface area contributed by atoms with Crippen LogP contribution >= 0.6 is 23.6 Å². The van der Waals surface area contributed by atoms with Crippen LogP contribution in [0.15, 0.2) is 30.5 Å². The molecule has 4 rings (SSSR count). The maximum absolute atomic E-state index is 5.09. The second kappa shape index (κ2) is 3.50. The van der Waals surface area contributed by atoms with Crippen LogP contribution in [0.3, 0.4) is 0 Å². The molecule has 0 amide bonds. The van der Waals surface area contributed by atoms with Gasteiger partial charge in [0.1, 0.15) is 5.52 Å². The van der Waals surface area contributed by atoms with Crippen LogP contribution in [-0.2, 0) is 0 Å². The Hall–Kier alpha value is -1.99. The lowest BCUT2D eigenvalue weighted by Gasteiger charge is -2.03. The van der Waals surface area contributed by atoms with E-state index in [2.05, 4.69) is 26.3 Å². The molecule has 0 atom stereocenters. The summed E-state index contributed by atoms with van der Waals surface area (Å²) in [7, 11) is 0. The van der Waals surface area contributed by atoms with E-state index in [1.165, 1.54) is 4.70 Å². The summed E-state index contributed by atoms with van der Waals surface area (Å²) in [5, 5.41) is 11.1. The Labute approximate surface area is 110 Å². The summed E-state index contributed by atoms with van der Waals surface area (Å²) in [6, 6.07) is 8.16. The topological polar surface area (TPSA) is 61.8 Å². The molecule has 0 aliphatic heterocycles. The van der Waals surface area contributed by atoms with Crippen LogP contribution in [0, 0.1) is 4.77 Å². The van der Waals surface area contributed by atoms with Crippen molar-refractivity contribution in [2.75, 3.05) is 0 Å². The molecule has 88 valence electrons. The summed E-state index contributed by atoms with van der Waals surface area (Å²) in [6.45, 7) is 0. The van der Waals surface area contributed by atoms with Gasteiger partial charge in [-0.15, -0.1) is 21.5 Å². The molecular weight excluding hydrogens is 266 g/mol. The molecule has 0 saturated heterocycles. The zero-order valence-electron chi connectivity index (χ0n) is 9.04. The lowest BCUT2D eigenvalue weighted by Crippen LogP contribution is -1.93. The molecular formula is C11H7N5S2. The minimum absolute atomic E-state index is 0.429. The number of aromatic amines is 2. The minimum Gasteiger partial charge on any atom is -0.350 e. The number of H-pyrrole nitrogens is 2. The van der Waals surface area contributed by atoms with Crippen molar-refractivity contribution in [3.05, 3.63) is 35.2 Å². The Morgan fingerprint density at radius 2 is 2.06 bits per heavy atom. The van der Waals surface area contributed by atoms with Gasteiger partial charge in [-0.3, -0.25) is 5.10 Å². The molecule has 7 heteroatoms. The van der Waals surface area contributed by atoms with Crippen molar-refractivity contribution in [2.45, 2.75) is 0 Å². The fourth-order valence-electron chi connectivity index (χ4n) is 1.96. The van der Waals surface area contributed by atoms with Gasteiger partial charge in [-0.1, -0.05) is 12.1 Å². The monoisotopic (exact) mass is 273 g/mol. The number of para-hydroxylation sites is 1. The number of benzene rings is 1. The Kier molecular flexibility index (Phi) is 1.94. The van der Waals surface area contributed by atoms with Crippen LogP contribution in [0.5, 0.6) is 0 Å². The zero-order chi connectivity index (χ0) is 12.1. The SMILES string of the molecule is S=c1nnc2c3[nH]c4ccccc4sc3c[nH]n12. The number of rotatable bonds is 0. The fraction of sp³-hybridized carbons (Fsp3) is 0. The quantitative estimate of drug-likeness (QED) is 0.382. The molecule has 0 saturated carbocycles. The van der Waals surface area contributed by atoms with Gasteiger partial charge in [0, 0.05) is 6.20 Å². The number of nitrogens with one attached hydrogen (secondary N) is 2. The van der Waals surface area contributed by atoms with E-state index in [4.69, 9.17) is 12.2 Å². The highest BCUT2D eigenvalue weighted by atomic mass is 32.1. The van der Waals surface area contributed by atoms with Crippen molar-refractivity contribution < 1.29 is 0 Å². The predicted octanol–water partition coefficient (Wildman–Crippen LogP) is 3.05. The van der Waals surface area contributed by atoms with E-state index in [0.29, 0.717) is 4.77 Å². The van der Waals surface area contributed by atoms with E-state index in [1.807, 2.05) is 24.4 Å². The summed E-state index contributed by atoms with van der Waals surface area (Å²) in [4.78, 5) is 3.39. The second-order valence-corrected chi connectivity index (χ2v) is 5.33. The molecule has 2 N–H and O–H groups in total. The molecule has 0 aliphatic rings. The molecule has 0 spiro atoms. The highest BCUT2D eigenvalue weighted by Gasteiger charge is 2.06. The largest absolute Gasteiger partial charge is 0.350 e. The molecule has 3 aromatic heterocycles. The van der Waals surface area contributed by atoms with Gasteiger partial charge in [-0.05, 0) is 24.4 Å². The smallest absolute Gasteiger partial charge is 0.241 e. The van der Waals surface area contributed by atoms with E-state index < -0.39 is 0 Å². The van der Waals surface area contributed by atoms with E-state index in [1.54, 1.807) is 15.9 Å². The number of nitrogens with zero attached hydrogens (tertiary/aromatic N) is 3. The van der Waals surface area contributed by atoms with E-state index >= 15 is 0 Å². The van der Waals surface area contributed by atoms with Crippen molar-refractivity contribution in [3.63, 3.8) is 0 Å². The standard InChI is InChI=1S/C11H7N5S2/c17-11-15-14-10-9-8(5-12-16(10)11)18-7-4-2-1-3-6(7)13-9/h1-5,12-13H. The van der Waals surface area contributed by atoms with Crippen molar-refractivity contribution in [1.82, 2.24) is 24.8 Å². The van der Waals surface area contributed by atoms with Crippen LogP contribution in [0.4, 0.5) is 0 Å². The van der Waals surface area contributed by atoms with Gasteiger partial charge in [0.2, 0.25) is 10.4 Å². The maximum atomic E-state index is 5.09. The second-order valence-electron chi connectivity index (χ2n) is 3.88. The first-order valence-electron chi connectivity index (χ1n) is 5.34. The molecule has 5 nitrogen and oxygen atoms in total. The zero-order valence-corrected chi connectivity index (χ0v) is 10.7. The number of fused-ring (bicyclic) bond motifs is 4. The predicted molar refractivity (Wildman–Crippen MR) is 74.2 cm³/mol. The number of aromatic nitrogens is 5. The fourth-order valence-corrected chi connectivity index (χ4v) is 3.11. The number of hydrogen-bond donors (Lipinski definition) is 2. The van der Waals surface area contributed by atoms with Crippen molar-refractivity contribution in [1.29, 1.82) is 0 Å². The highest BCUT2D eigenvalue weighted by Crippen LogP contribution is 2.26. The molecule has 0 radical (unpaired) electrons. The molecule has 3 heterocycles. The molecule has 18 heavy (non-hydrogen) atoms. The molecule has 0 bridgehead atoms. The van der Waals surface area contributed by atoms with Gasteiger partial charge in [-0.2, -0.15) is 0 Å². The summed E-state index contributed by atoms with van der Waals surface area (Å²) >= 11 is 6.79. The van der Waals surface area contributed by atoms with Gasteiger partial charge < -0.3 is 4.98 Å². The van der Waals surface area contributed by atoms with E-state index in [9.17, 15) is 0 Å². The van der Waals surface area contributed by atoms with Crippen LogP contribution in [0.25, 0.3) is 26.1 Å². The van der Waals surface area contributed by atoms with Gasteiger partial charge in [0.05, 0.1) is 14.9 Å². The Morgan fingerprint density at radius 1 is 1.17 bits per heavy atom. The molecule has 0 aliphatic carbocycles. The normalized spacial score (nSPS) is 11.6. The summed E-state index contributed by atoms with van der Waals surface area (Å²) in [6.07, 6.45) is 1.91. The van der Waals surface area contributed by atoms with Crippen molar-refractivity contribution in [2.24, 2.45) is 0 Å². The van der Waals surface area contributed by atoms with E-state index in [0.717, 1.165) is 21.4 Å². The lowest BCUT2D eigenvalue weighted by atomic mass is 10.3. The van der Waals surface area contributed by atoms with Gasteiger partial charge in [0.15, 0.2) is 0 Å². The average molecular weight is 273 g/mol. The third-order valence-corrected chi connectivity index (χ3v) is 4.18. The Bertz CT molecular complexity index is 956. The molecule has 4 aromatic rings. The van der Waals surface area contributed by atoms with Crippen LogP contribution in [-0.4, -0.2) is 24.8 Å². The van der Waals surface area contributed by atoms with Crippen molar-refractivity contribution >= 4 is 49.6 Å². The molecule has 0 unspecified atom stereocenters. The first-order valence-corrected chi connectivity index (χ1v) is 6.56. The highest BCUT2D eigenvalue weighted by molar-refractivity contribution is 7.71. The van der Waals surface area contributed by atoms with Gasteiger partial charge in [-0.25, -0.2) is 4.52 Å². The Balaban J connectivity index is 2.30. The summed E-state index contributed by atoms with van der Waals surface area (Å²) in [5.41, 5.74) is 2.75.